The Kier molecular flexibility index (Phi) is 9.16. The van der Waals surface area contributed by atoms with E-state index in [4.69, 9.17) is 11.6 Å². The molecular formula is C27H35ClN2O2. The minimum atomic E-state index is -0.525. The van der Waals surface area contributed by atoms with E-state index in [2.05, 4.69) is 36.5 Å². The van der Waals surface area contributed by atoms with Crippen LogP contribution in [0, 0.1) is 0 Å². The lowest BCUT2D eigenvalue weighted by Crippen LogP contribution is -2.50. The number of hydrogen-bond acceptors (Lipinski definition) is 2. The average Bonchev–Trinajstić information content (AvgIpc) is 2.82. The molecule has 4 nitrogen and oxygen atoms in total. The molecule has 5 heteroatoms. The Labute approximate surface area is 197 Å². The first-order chi connectivity index (χ1) is 15.5. The Morgan fingerprint density at radius 2 is 1.56 bits per heavy atom. The molecule has 2 aromatic rings. The Balaban J connectivity index is 1.68. The number of carbonyl (C=O) groups is 2. The van der Waals surface area contributed by atoms with Crippen molar-refractivity contribution in [3.8, 4) is 0 Å². The minimum absolute atomic E-state index is 0.00851. The van der Waals surface area contributed by atoms with Gasteiger partial charge in [-0.05, 0) is 61.4 Å². The van der Waals surface area contributed by atoms with Crippen molar-refractivity contribution in [3.05, 3.63) is 70.2 Å². The molecule has 1 aliphatic carbocycles. The third kappa shape index (κ3) is 7.09. The molecule has 3 rings (SSSR count). The molecule has 0 saturated heterocycles. The number of rotatable bonds is 9. The Morgan fingerprint density at radius 1 is 0.969 bits per heavy atom. The van der Waals surface area contributed by atoms with Gasteiger partial charge in [0.25, 0.3) is 0 Å². The maximum atomic E-state index is 13.3. The number of carbonyl (C=O) groups excluding carboxylic acids is 2. The van der Waals surface area contributed by atoms with Gasteiger partial charge in [0.05, 0.1) is 0 Å². The third-order valence-electron chi connectivity index (χ3n) is 6.44. The van der Waals surface area contributed by atoms with Crippen molar-refractivity contribution in [2.45, 2.75) is 83.8 Å². The van der Waals surface area contributed by atoms with Gasteiger partial charge in [-0.25, -0.2) is 0 Å². The fraction of sp³-hybridized carbons (Fsp3) is 0.481. The van der Waals surface area contributed by atoms with Gasteiger partial charge in [0.1, 0.15) is 6.04 Å². The van der Waals surface area contributed by atoms with Crippen LogP contribution in [0.5, 0.6) is 0 Å². The highest BCUT2D eigenvalue weighted by Gasteiger charge is 2.27. The van der Waals surface area contributed by atoms with Crippen molar-refractivity contribution in [2.75, 3.05) is 0 Å². The van der Waals surface area contributed by atoms with Gasteiger partial charge in [-0.1, -0.05) is 74.2 Å². The van der Waals surface area contributed by atoms with E-state index >= 15 is 0 Å². The summed E-state index contributed by atoms with van der Waals surface area (Å²) in [7, 11) is 0. The van der Waals surface area contributed by atoms with E-state index in [1.165, 1.54) is 12.0 Å². The zero-order valence-corrected chi connectivity index (χ0v) is 20.0. The molecule has 2 amide bonds. The topological polar surface area (TPSA) is 49.4 Å². The van der Waals surface area contributed by atoms with Crippen molar-refractivity contribution in [1.29, 1.82) is 0 Å². The van der Waals surface area contributed by atoms with Crippen LogP contribution in [-0.2, 0) is 29.0 Å². The van der Waals surface area contributed by atoms with Crippen LogP contribution in [0.1, 0.15) is 69.1 Å². The highest BCUT2D eigenvalue weighted by molar-refractivity contribution is 6.30. The molecule has 0 aromatic heterocycles. The van der Waals surface area contributed by atoms with Crippen LogP contribution in [0.15, 0.2) is 48.5 Å². The van der Waals surface area contributed by atoms with Crippen LogP contribution in [0.4, 0.5) is 0 Å². The predicted molar refractivity (Wildman–Crippen MR) is 131 cm³/mol. The summed E-state index contributed by atoms with van der Waals surface area (Å²) in [6.07, 6.45) is 7.64. The second-order valence-electron chi connectivity index (χ2n) is 8.84. The van der Waals surface area contributed by atoms with Gasteiger partial charge in [0.2, 0.25) is 11.8 Å². The standard InChI is InChI=1S/C27H35ClN2O2/c1-3-21-9-11-22(12-10-21)15-18-26(31)30(19-23-13-16-24(28)17-14-23)20(2)27(32)29-25-7-5-4-6-8-25/h9-14,16-17,20,25H,3-8,15,18-19H2,1-2H3,(H,29,32). The van der Waals surface area contributed by atoms with Gasteiger partial charge < -0.3 is 10.2 Å². The highest BCUT2D eigenvalue weighted by Crippen LogP contribution is 2.19. The normalized spacial score (nSPS) is 15.2. The molecule has 32 heavy (non-hydrogen) atoms. The van der Waals surface area contributed by atoms with Gasteiger partial charge in [-0.2, -0.15) is 0 Å². The Hall–Kier alpha value is -2.33. The molecular weight excluding hydrogens is 420 g/mol. The lowest BCUT2D eigenvalue weighted by Gasteiger charge is -2.31. The van der Waals surface area contributed by atoms with Crippen molar-refractivity contribution in [2.24, 2.45) is 0 Å². The van der Waals surface area contributed by atoms with E-state index in [1.54, 1.807) is 4.90 Å². The maximum absolute atomic E-state index is 13.3. The molecule has 2 aromatic carbocycles. The van der Waals surface area contributed by atoms with Crippen LogP contribution in [0.2, 0.25) is 5.02 Å². The Morgan fingerprint density at radius 3 is 2.19 bits per heavy atom. The first-order valence-corrected chi connectivity index (χ1v) is 12.3. The largest absolute Gasteiger partial charge is 0.352 e. The van der Waals surface area contributed by atoms with Gasteiger partial charge in [0, 0.05) is 24.0 Å². The summed E-state index contributed by atoms with van der Waals surface area (Å²) in [5.74, 6) is -0.0719. The molecule has 1 unspecified atom stereocenters. The molecule has 1 atom stereocenters. The average molecular weight is 455 g/mol. The van der Waals surface area contributed by atoms with Crippen molar-refractivity contribution in [1.82, 2.24) is 10.2 Å². The number of hydrogen-bond donors (Lipinski definition) is 1. The molecule has 0 aliphatic heterocycles. The molecule has 0 heterocycles. The molecule has 0 spiro atoms. The smallest absolute Gasteiger partial charge is 0.242 e. The van der Waals surface area contributed by atoms with Gasteiger partial charge >= 0.3 is 0 Å². The van der Waals surface area contributed by atoms with E-state index < -0.39 is 6.04 Å². The fourth-order valence-electron chi connectivity index (χ4n) is 4.27. The summed E-state index contributed by atoms with van der Waals surface area (Å²) in [4.78, 5) is 28.0. The molecule has 1 aliphatic rings. The number of nitrogens with zero attached hydrogens (tertiary/aromatic N) is 1. The number of nitrogens with one attached hydrogen (secondary N) is 1. The monoisotopic (exact) mass is 454 g/mol. The minimum Gasteiger partial charge on any atom is -0.352 e. The van der Waals surface area contributed by atoms with Crippen LogP contribution < -0.4 is 5.32 Å². The van der Waals surface area contributed by atoms with Crippen molar-refractivity contribution in [3.63, 3.8) is 0 Å². The summed E-state index contributed by atoms with van der Waals surface area (Å²) in [5, 5.41) is 3.84. The molecule has 0 bridgehead atoms. The summed E-state index contributed by atoms with van der Waals surface area (Å²) in [5.41, 5.74) is 3.39. The quantitative estimate of drug-likeness (QED) is 0.528. The van der Waals surface area contributed by atoms with Gasteiger partial charge in [-0.15, -0.1) is 0 Å². The van der Waals surface area contributed by atoms with E-state index in [0.717, 1.165) is 43.2 Å². The third-order valence-corrected chi connectivity index (χ3v) is 6.70. The second kappa shape index (κ2) is 12.1. The second-order valence-corrected chi connectivity index (χ2v) is 9.27. The number of amides is 2. The molecule has 172 valence electrons. The highest BCUT2D eigenvalue weighted by atomic mass is 35.5. The zero-order chi connectivity index (χ0) is 22.9. The van der Waals surface area contributed by atoms with Crippen LogP contribution >= 0.6 is 11.6 Å². The van der Waals surface area contributed by atoms with E-state index in [1.807, 2.05) is 31.2 Å². The summed E-state index contributed by atoms with van der Waals surface area (Å²) in [6.45, 7) is 4.36. The number of aryl methyl sites for hydroxylation is 2. The van der Waals surface area contributed by atoms with Crippen LogP contribution in [-0.4, -0.2) is 28.8 Å². The van der Waals surface area contributed by atoms with E-state index in [0.29, 0.717) is 24.4 Å². The molecule has 0 radical (unpaired) electrons. The number of benzene rings is 2. The summed E-state index contributed by atoms with van der Waals surface area (Å²) in [6, 6.07) is 15.6. The van der Waals surface area contributed by atoms with E-state index in [9.17, 15) is 9.59 Å². The van der Waals surface area contributed by atoms with Crippen molar-refractivity contribution < 1.29 is 9.59 Å². The SMILES string of the molecule is CCc1ccc(CCC(=O)N(Cc2ccc(Cl)cc2)C(C)C(=O)NC2CCCCC2)cc1. The lowest BCUT2D eigenvalue weighted by molar-refractivity contribution is -0.141. The number of halogens is 1. The van der Waals surface area contributed by atoms with E-state index in [-0.39, 0.29) is 17.9 Å². The molecule has 1 saturated carbocycles. The maximum Gasteiger partial charge on any atom is 0.242 e. The van der Waals surface area contributed by atoms with Crippen LogP contribution in [0.25, 0.3) is 0 Å². The summed E-state index contributed by atoms with van der Waals surface area (Å²) < 4.78 is 0. The molecule has 1 N–H and O–H groups in total. The first-order valence-electron chi connectivity index (χ1n) is 11.9. The Bertz CT molecular complexity index is 874. The molecule has 1 fully saturated rings. The van der Waals surface area contributed by atoms with Crippen LogP contribution in [0.3, 0.4) is 0 Å². The lowest BCUT2D eigenvalue weighted by atomic mass is 9.95. The van der Waals surface area contributed by atoms with Crippen molar-refractivity contribution >= 4 is 23.4 Å². The fourth-order valence-corrected chi connectivity index (χ4v) is 4.40. The first kappa shape index (κ1) is 24.3. The zero-order valence-electron chi connectivity index (χ0n) is 19.3. The summed E-state index contributed by atoms with van der Waals surface area (Å²) >= 11 is 6.03. The predicted octanol–water partition coefficient (Wildman–Crippen LogP) is 5.70. The van der Waals surface area contributed by atoms with Gasteiger partial charge in [0.15, 0.2) is 0 Å². The van der Waals surface area contributed by atoms with Gasteiger partial charge in [-0.3, -0.25) is 9.59 Å².